The van der Waals surface area contributed by atoms with Crippen LogP contribution in [0.25, 0.3) is 11.0 Å². The number of aromatic nitrogens is 5. The molecule has 1 saturated heterocycles. The Balaban J connectivity index is 1.51. The number of hydrogen-bond donors (Lipinski definition) is 0. The summed E-state index contributed by atoms with van der Waals surface area (Å²) in [6, 6.07) is 5.18. The number of para-hydroxylation sites is 1. The van der Waals surface area contributed by atoms with Crippen LogP contribution in [-0.4, -0.2) is 42.3 Å². The molecule has 0 aliphatic carbocycles. The van der Waals surface area contributed by atoms with Gasteiger partial charge in [-0.1, -0.05) is 6.07 Å². The summed E-state index contributed by atoms with van der Waals surface area (Å²) in [7, 11) is 0. The zero-order valence-electron chi connectivity index (χ0n) is 14.5. The van der Waals surface area contributed by atoms with Crippen molar-refractivity contribution >= 4 is 11.0 Å². The molecule has 1 atom stereocenters. The second-order valence-corrected chi connectivity index (χ2v) is 6.74. The second kappa shape index (κ2) is 6.92. The molecule has 0 bridgehead atoms. The maximum Gasteiger partial charge on any atom is 0.151 e. The number of piperidine rings is 1. The van der Waals surface area contributed by atoms with Crippen LogP contribution in [0.2, 0.25) is 0 Å². The first-order valence-electron chi connectivity index (χ1n) is 8.93. The fourth-order valence-corrected chi connectivity index (χ4v) is 3.87. The van der Waals surface area contributed by atoms with E-state index in [0.29, 0.717) is 11.4 Å². The van der Waals surface area contributed by atoms with Crippen LogP contribution < -0.4 is 0 Å². The molecule has 6 nitrogen and oxygen atoms in total. The molecular weight excluding hydrogens is 319 g/mol. The van der Waals surface area contributed by atoms with Gasteiger partial charge in [0.2, 0.25) is 0 Å². The minimum atomic E-state index is -0.242. The van der Waals surface area contributed by atoms with Gasteiger partial charge in [0, 0.05) is 19.6 Å². The molecule has 1 aromatic carbocycles. The number of imidazole rings is 1. The minimum Gasteiger partial charge on any atom is -0.327 e. The fourth-order valence-electron chi connectivity index (χ4n) is 3.87. The largest absolute Gasteiger partial charge is 0.327 e. The smallest absolute Gasteiger partial charge is 0.151 e. The van der Waals surface area contributed by atoms with E-state index in [1.165, 1.54) is 18.9 Å². The summed E-state index contributed by atoms with van der Waals surface area (Å²) in [6.45, 7) is 6.61. The molecule has 3 heterocycles. The number of hydrogen-bond acceptors (Lipinski definition) is 4. The van der Waals surface area contributed by atoms with E-state index < -0.39 is 0 Å². The highest BCUT2D eigenvalue weighted by atomic mass is 19.1. The summed E-state index contributed by atoms with van der Waals surface area (Å²) >= 11 is 0. The topological polar surface area (TPSA) is 51.8 Å². The van der Waals surface area contributed by atoms with Gasteiger partial charge in [-0.3, -0.25) is 9.58 Å². The SMILES string of the molecule is CCn1c(CN2CCC[C@H](Cn3cncn3)C2)nc2c(F)cccc21. The van der Waals surface area contributed by atoms with E-state index in [-0.39, 0.29) is 5.82 Å². The van der Waals surface area contributed by atoms with Gasteiger partial charge >= 0.3 is 0 Å². The summed E-state index contributed by atoms with van der Waals surface area (Å²) in [4.78, 5) is 11.0. The summed E-state index contributed by atoms with van der Waals surface area (Å²) in [6.07, 6.45) is 5.73. The molecule has 1 fully saturated rings. The molecule has 0 amide bonds. The summed E-state index contributed by atoms with van der Waals surface area (Å²) < 4.78 is 18.1. The Hall–Kier alpha value is -2.28. The van der Waals surface area contributed by atoms with E-state index >= 15 is 0 Å². The van der Waals surface area contributed by atoms with Crippen molar-refractivity contribution in [1.29, 1.82) is 0 Å². The van der Waals surface area contributed by atoms with Crippen LogP contribution in [-0.2, 0) is 19.6 Å². The number of fused-ring (bicyclic) bond motifs is 1. The van der Waals surface area contributed by atoms with Crippen LogP contribution in [0.1, 0.15) is 25.6 Å². The van der Waals surface area contributed by atoms with E-state index in [1.807, 2.05) is 10.7 Å². The maximum absolute atomic E-state index is 14.1. The van der Waals surface area contributed by atoms with Crippen LogP contribution in [0.15, 0.2) is 30.9 Å². The molecule has 7 heteroatoms. The van der Waals surface area contributed by atoms with Crippen LogP contribution in [0.4, 0.5) is 4.39 Å². The Bertz CT molecular complexity index is 841. The van der Waals surface area contributed by atoms with Crippen LogP contribution in [0, 0.1) is 11.7 Å². The van der Waals surface area contributed by atoms with Crippen LogP contribution in [0.5, 0.6) is 0 Å². The lowest BCUT2D eigenvalue weighted by Gasteiger charge is -2.32. The van der Waals surface area contributed by atoms with Gasteiger partial charge in [0.1, 0.15) is 24.0 Å². The second-order valence-electron chi connectivity index (χ2n) is 6.74. The van der Waals surface area contributed by atoms with Crippen LogP contribution in [0.3, 0.4) is 0 Å². The molecule has 2 aromatic heterocycles. The zero-order chi connectivity index (χ0) is 17.2. The average molecular weight is 342 g/mol. The number of likely N-dealkylation sites (tertiary alicyclic amines) is 1. The van der Waals surface area contributed by atoms with E-state index in [2.05, 4.69) is 31.5 Å². The molecule has 0 N–H and O–H groups in total. The van der Waals surface area contributed by atoms with E-state index in [1.54, 1.807) is 18.7 Å². The molecular formula is C18H23FN6. The Morgan fingerprint density at radius 2 is 2.24 bits per heavy atom. The molecule has 0 saturated carbocycles. The summed E-state index contributed by atoms with van der Waals surface area (Å²) in [5.41, 5.74) is 1.36. The van der Waals surface area contributed by atoms with Gasteiger partial charge < -0.3 is 4.57 Å². The molecule has 4 rings (SSSR count). The van der Waals surface area contributed by atoms with Gasteiger partial charge in [-0.15, -0.1) is 0 Å². The maximum atomic E-state index is 14.1. The highest BCUT2D eigenvalue weighted by Crippen LogP contribution is 2.23. The Morgan fingerprint density at radius 1 is 1.32 bits per heavy atom. The Labute approximate surface area is 146 Å². The van der Waals surface area contributed by atoms with Gasteiger partial charge in [0.25, 0.3) is 0 Å². The number of halogens is 1. The minimum absolute atomic E-state index is 0.242. The first-order chi connectivity index (χ1) is 12.2. The molecule has 132 valence electrons. The van der Waals surface area contributed by atoms with Crippen LogP contribution >= 0.6 is 0 Å². The molecule has 0 spiro atoms. The van der Waals surface area contributed by atoms with Gasteiger partial charge in [-0.2, -0.15) is 5.10 Å². The predicted molar refractivity (Wildman–Crippen MR) is 93.4 cm³/mol. The number of aryl methyl sites for hydroxylation is 1. The van der Waals surface area contributed by atoms with Crippen molar-refractivity contribution in [3.05, 3.63) is 42.5 Å². The molecule has 3 aromatic rings. The lowest BCUT2D eigenvalue weighted by Crippen LogP contribution is -2.37. The molecule has 0 radical (unpaired) electrons. The number of nitrogens with zero attached hydrogens (tertiary/aromatic N) is 6. The lowest BCUT2D eigenvalue weighted by molar-refractivity contribution is 0.149. The van der Waals surface area contributed by atoms with Crippen molar-refractivity contribution in [1.82, 2.24) is 29.2 Å². The predicted octanol–water partition coefficient (Wildman–Crippen LogP) is 2.70. The van der Waals surface area contributed by atoms with Gasteiger partial charge in [-0.25, -0.2) is 14.4 Å². The zero-order valence-corrected chi connectivity index (χ0v) is 14.5. The Kier molecular flexibility index (Phi) is 4.48. The van der Waals surface area contributed by atoms with E-state index in [9.17, 15) is 4.39 Å². The highest BCUT2D eigenvalue weighted by Gasteiger charge is 2.23. The standard InChI is InChI=1S/C18H23FN6/c1-2-25-16-7-3-6-15(19)18(16)22-17(25)11-23-8-4-5-14(9-23)10-24-13-20-12-21-24/h3,6-7,12-14H,2,4-5,8-11H2,1H3/t14-/m0/s1. The highest BCUT2D eigenvalue weighted by molar-refractivity contribution is 5.76. The van der Waals surface area contributed by atoms with Gasteiger partial charge in [0.05, 0.1) is 12.1 Å². The van der Waals surface area contributed by atoms with Crippen molar-refractivity contribution in [2.24, 2.45) is 5.92 Å². The van der Waals surface area contributed by atoms with Crippen molar-refractivity contribution < 1.29 is 4.39 Å². The third-order valence-electron chi connectivity index (χ3n) is 5.00. The fraction of sp³-hybridized carbons (Fsp3) is 0.500. The van der Waals surface area contributed by atoms with Gasteiger partial charge in [-0.05, 0) is 44.4 Å². The van der Waals surface area contributed by atoms with Gasteiger partial charge in [0.15, 0.2) is 5.82 Å². The molecule has 1 aliphatic rings. The first kappa shape index (κ1) is 16.2. The number of benzene rings is 1. The van der Waals surface area contributed by atoms with Crippen molar-refractivity contribution in [2.45, 2.75) is 39.4 Å². The monoisotopic (exact) mass is 342 g/mol. The Morgan fingerprint density at radius 3 is 3.04 bits per heavy atom. The lowest BCUT2D eigenvalue weighted by atomic mass is 9.98. The molecule has 0 unspecified atom stereocenters. The van der Waals surface area contributed by atoms with E-state index in [4.69, 9.17) is 0 Å². The third kappa shape index (κ3) is 3.28. The quantitative estimate of drug-likeness (QED) is 0.715. The average Bonchev–Trinajstić information content (AvgIpc) is 3.23. The van der Waals surface area contributed by atoms with Crippen molar-refractivity contribution in [2.75, 3.05) is 13.1 Å². The van der Waals surface area contributed by atoms with E-state index in [0.717, 1.165) is 44.1 Å². The molecule has 1 aliphatic heterocycles. The normalized spacial score (nSPS) is 18.9. The van der Waals surface area contributed by atoms with Crippen molar-refractivity contribution in [3.8, 4) is 0 Å². The first-order valence-corrected chi connectivity index (χ1v) is 8.93. The number of rotatable bonds is 5. The summed E-state index contributed by atoms with van der Waals surface area (Å²) in [5.74, 6) is 1.27. The summed E-state index contributed by atoms with van der Waals surface area (Å²) in [5, 5.41) is 4.21. The van der Waals surface area contributed by atoms with Crippen molar-refractivity contribution in [3.63, 3.8) is 0 Å². The molecule has 25 heavy (non-hydrogen) atoms. The third-order valence-corrected chi connectivity index (χ3v) is 5.00.